The molecule has 2 rings (SSSR count). The first kappa shape index (κ1) is 7.13. The maximum atomic E-state index is 2.23. The molecule has 0 saturated heterocycles. The molecule has 0 amide bonds. The zero-order valence-corrected chi connectivity index (χ0v) is 8.13. The van der Waals surface area contributed by atoms with Crippen molar-refractivity contribution in [2.45, 2.75) is 0 Å². The molecule has 11 heavy (non-hydrogen) atoms. The molecule has 0 aliphatic heterocycles. The van der Waals surface area contributed by atoms with Crippen LogP contribution in [0.2, 0.25) is 0 Å². The zero-order valence-electron chi connectivity index (χ0n) is 6.50. The van der Waals surface area contributed by atoms with Gasteiger partial charge in [-0.3, -0.25) is 0 Å². The third-order valence-corrected chi connectivity index (χ3v) is 3.95. The van der Waals surface area contributed by atoms with Crippen LogP contribution in [0.3, 0.4) is 0 Å². The molecule has 0 aliphatic carbocycles. The summed E-state index contributed by atoms with van der Waals surface area (Å²) in [5, 5.41) is 4.86. The summed E-state index contributed by atoms with van der Waals surface area (Å²) in [4.78, 5) is 2.15. The molecule has 0 bridgehead atoms. The average molecular weight is 183 g/mol. The second-order valence-electron chi connectivity index (χ2n) is 2.64. The van der Waals surface area contributed by atoms with E-state index >= 15 is 0 Å². The maximum Gasteiger partial charge on any atom is 0.0924 e. The van der Waals surface area contributed by atoms with E-state index in [2.05, 4.69) is 36.5 Å². The molecule has 2 aromatic rings. The minimum Gasteiger partial charge on any atom is -0.370 e. The van der Waals surface area contributed by atoms with Gasteiger partial charge in [0.05, 0.1) is 9.01 Å². The van der Waals surface area contributed by atoms with Gasteiger partial charge in [-0.2, -0.15) is 0 Å². The minimum absolute atomic E-state index is 1.34. The first-order valence-electron chi connectivity index (χ1n) is 3.42. The van der Waals surface area contributed by atoms with Gasteiger partial charge >= 0.3 is 0 Å². The van der Waals surface area contributed by atoms with E-state index in [9.17, 15) is 0 Å². The van der Waals surface area contributed by atoms with Crippen LogP contribution in [0.15, 0.2) is 17.5 Å². The summed E-state index contributed by atoms with van der Waals surface area (Å²) in [5.74, 6) is 0. The van der Waals surface area contributed by atoms with Gasteiger partial charge in [-0.25, -0.2) is 0 Å². The molecule has 2 aromatic heterocycles. The van der Waals surface area contributed by atoms with Crippen molar-refractivity contribution in [1.29, 1.82) is 0 Å². The van der Waals surface area contributed by atoms with Crippen LogP contribution in [0.5, 0.6) is 0 Å². The lowest BCUT2D eigenvalue weighted by Crippen LogP contribution is -2.05. The molecule has 0 fully saturated rings. The molecule has 1 nitrogen and oxygen atoms in total. The van der Waals surface area contributed by atoms with Crippen molar-refractivity contribution in [2.24, 2.45) is 0 Å². The van der Waals surface area contributed by atoms with Crippen LogP contribution in [0, 0.1) is 0 Å². The van der Waals surface area contributed by atoms with Crippen LogP contribution in [-0.2, 0) is 0 Å². The van der Waals surface area contributed by atoms with Gasteiger partial charge in [0.25, 0.3) is 0 Å². The molecular formula is C8H9NS2. The molecule has 2 heterocycles. The third kappa shape index (κ3) is 1.14. The molecule has 0 N–H and O–H groups in total. The van der Waals surface area contributed by atoms with Gasteiger partial charge in [0.2, 0.25) is 0 Å². The molecule has 0 saturated carbocycles. The Morgan fingerprint density at radius 3 is 2.82 bits per heavy atom. The number of thiophene rings is 2. The smallest absolute Gasteiger partial charge is 0.0924 e. The first-order chi connectivity index (χ1) is 5.27. The molecule has 0 unspecified atom stereocenters. The van der Waals surface area contributed by atoms with Crippen molar-refractivity contribution < 1.29 is 0 Å². The quantitative estimate of drug-likeness (QED) is 0.657. The van der Waals surface area contributed by atoms with E-state index in [4.69, 9.17) is 0 Å². The van der Waals surface area contributed by atoms with Crippen molar-refractivity contribution in [1.82, 2.24) is 0 Å². The van der Waals surface area contributed by atoms with Crippen molar-refractivity contribution >= 4 is 37.1 Å². The molecule has 0 radical (unpaired) electrons. The lowest BCUT2D eigenvalue weighted by atomic mass is 10.4. The molecule has 0 aliphatic rings. The number of hydrogen-bond donors (Lipinski definition) is 0. The van der Waals surface area contributed by atoms with E-state index in [0.29, 0.717) is 0 Å². The summed E-state index contributed by atoms with van der Waals surface area (Å²) in [5.41, 5.74) is 0. The van der Waals surface area contributed by atoms with Gasteiger partial charge in [0.15, 0.2) is 0 Å². The molecule has 0 aromatic carbocycles. The van der Waals surface area contributed by atoms with Crippen LogP contribution < -0.4 is 4.90 Å². The Balaban J connectivity index is 2.58. The predicted molar refractivity (Wildman–Crippen MR) is 54.0 cm³/mol. The van der Waals surface area contributed by atoms with E-state index in [0.717, 1.165) is 0 Å². The van der Waals surface area contributed by atoms with Crippen LogP contribution in [0.4, 0.5) is 5.00 Å². The van der Waals surface area contributed by atoms with Crippen molar-refractivity contribution in [3.05, 3.63) is 17.5 Å². The van der Waals surface area contributed by atoms with Gasteiger partial charge in [-0.15, -0.1) is 22.7 Å². The van der Waals surface area contributed by atoms with Gasteiger partial charge in [-0.1, -0.05) is 0 Å². The summed E-state index contributed by atoms with van der Waals surface area (Å²) < 4.78 is 1.42. The molecule has 0 spiro atoms. The van der Waals surface area contributed by atoms with E-state index in [-0.39, 0.29) is 0 Å². The Kier molecular flexibility index (Phi) is 1.62. The standard InChI is InChI=1S/C8H9NS2/c1-9(2)7-5-6-3-4-10-8(6)11-7/h3-5H,1-2H3. The normalized spacial score (nSPS) is 10.7. The van der Waals surface area contributed by atoms with Crippen LogP contribution >= 0.6 is 22.7 Å². The lowest BCUT2D eigenvalue weighted by Gasteiger charge is -2.06. The van der Waals surface area contributed by atoms with Gasteiger partial charge in [0, 0.05) is 19.5 Å². The number of fused-ring (bicyclic) bond motifs is 1. The van der Waals surface area contributed by atoms with Gasteiger partial charge in [-0.05, 0) is 17.5 Å². The highest BCUT2D eigenvalue weighted by Crippen LogP contribution is 2.34. The van der Waals surface area contributed by atoms with Gasteiger partial charge in [0.1, 0.15) is 0 Å². The molecular weight excluding hydrogens is 174 g/mol. The van der Waals surface area contributed by atoms with Crippen LogP contribution in [-0.4, -0.2) is 14.1 Å². The first-order valence-corrected chi connectivity index (χ1v) is 5.11. The highest BCUT2D eigenvalue weighted by Gasteiger charge is 2.02. The fourth-order valence-corrected chi connectivity index (χ4v) is 2.99. The molecule has 3 heteroatoms. The predicted octanol–water partition coefficient (Wildman–Crippen LogP) is 3.03. The third-order valence-electron chi connectivity index (χ3n) is 1.58. The van der Waals surface area contributed by atoms with E-state index in [1.807, 2.05) is 22.7 Å². The lowest BCUT2D eigenvalue weighted by molar-refractivity contribution is 1.16. The number of hydrogen-bond acceptors (Lipinski definition) is 3. The van der Waals surface area contributed by atoms with E-state index in [1.54, 1.807) is 0 Å². The number of rotatable bonds is 1. The van der Waals surface area contributed by atoms with E-state index in [1.165, 1.54) is 14.4 Å². The molecule has 0 atom stereocenters. The second-order valence-corrected chi connectivity index (χ2v) is 4.85. The second kappa shape index (κ2) is 2.50. The van der Waals surface area contributed by atoms with Crippen molar-refractivity contribution in [2.75, 3.05) is 19.0 Å². The summed E-state index contributed by atoms with van der Waals surface area (Å²) in [6, 6.07) is 4.40. The Morgan fingerprint density at radius 1 is 1.36 bits per heavy atom. The Hall–Kier alpha value is -0.540. The summed E-state index contributed by atoms with van der Waals surface area (Å²) in [7, 11) is 4.16. The largest absolute Gasteiger partial charge is 0.370 e. The summed E-state index contributed by atoms with van der Waals surface area (Å²) in [6.45, 7) is 0. The van der Waals surface area contributed by atoms with E-state index < -0.39 is 0 Å². The van der Waals surface area contributed by atoms with Crippen molar-refractivity contribution in [3.63, 3.8) is 0 Å². The SMILES string of the molecule is CN(C)c1cc2ccsc2s1. The number of nitrogens with zero attached hydrogens (tertiary/aromatic N) is 1. The summed E-state index contributed by atoms with van der Waals surface area (Å²) >= 11 is 3.67. The fraction of sp³-hybridized carbons (Fsp3) is 0.250. The Bertz CT molecular complexity index is 330. The fourth-order valence-electron chi connectivity index (χ4n) is 0.973. The van der Waals surface area contributed by atoms with Crippen LogP contribution in [0.25, 0.3) is 9.40 Å². The number of anilines is 1. The monoisotopic (exact) mass is 183 g/mol. The average Bonchev–Trinajstić information content (AvgIpc) is 2.40. The minimum atomic E-state index is 1.34. The van der Waals surface area contributed by atoms with Crippen LogP contribution in [0.1, 0.15) is 0 Å². The molecule has 58 valence electrons. The summed E-state index contributed by atoms with van der Waals surface area (Å²) in [6.07, 6.45) is 0. The highest BCUT2D eigenvalue weighted by atomic mass is 32.2. The van der Waals surface area contributed by atoms with Gasteiger partial charge < -0.3 is 4.90 Å². The maximum absolute atomic E-state index is 2.23. The van der Waals surface area contributed by atoms with Crippen molar-refractivity contribution in [3.8, 4) is 0 Å². The Morgan fingerprint density at radius 2 is 2.18 bits per heavy atom. The Labute approximate surface area is 73.9 Å². The zero-order chi connectivity index (χ0) is 7.84. The topological polar surface area (TPSA) is 3.24 Å². The highest BCUT2D eigenvalue weighted by molar-refractivity contribution is 7.39.